The predicted octanol–water partition coefficient (Wildman–Crippen LogP) is 3.73. The molecule has 1 atom stereocenters. The van der Waals surface area contributed by atoms with Gasteiger partial charge < -0.3 is 15.2 Å². The van der Waals surface area contributed by atoms with Crippen LogP contribution >= 0.6 is 11.6 Å². The van der Waals surface area contributed by atoms with E-state index in [4.69, 9.17) is 16.3 Å². The van der Waals surface area contributed by atoms with Gasteiger partial charge in [0.1, 0.15) is 11.6 Å². The van der Waals surface area contributed by atoms with Gasteiger partial charge in [-0.15, -0.1) is 0 Å². The van der Waals surface area contributed by atoms with Crippen molar-refractivity contribution in [2.75, 3.05) is 12.4 Å². The molecule has 2 aromatic carbocycles. The zero-order valence-electron chi connectivity index (χ0n) is 11.1. The van der Waals surface area contributed by atoms with E-state index >= 15 is 0 Å². The van der Waals surface area contributed by atoms with Crippen molar-refractivity contribution in [3.8, 4) is 5.75 Å². The first-order valence-electron chi connectivity index (χ1n) is 6.10. The van der Waals surface area contributed by atoms with E-state index in [-0.39, 0.29) is 10.6 Å². The van der Waals surface area contributed by atoms with E-state index in [1.54, 1.807) is 24.3 Å². The van der Waals surface area contributed by atoms with Crippen LogP contribution in [0.1, 0.15) is 11.6 Å². The molecule has 2 N–H and O–H groups in total. The number of anilines is 1. The molecule has 110 valence electrons. The fraction of sp³-hybridized carbons (Fsp3) is 0.133. The highest BCUT2D eigenvalue weighted by Crippen LogP contribution is 2.31. The van der Waals surface area contributed by atoms with Gasteiger partial charge in [0, 0.05) is 10.6 Å². The maximum atomic E-state index is 13.1. The highest BCUT2D eigenvalue weighted by Gasteiger charge is 2.23. The number of aliphatic carboxylic acids is 1. The second-order valence-electron chi connectivity index (χ2n) is 4.28. The molecule has 2 aromatic rings. The van der Waals surface area contributed by atoms with Gasteiger partial charge in [-0.3, -0.25) is 0 Å². The topological polar surface area (TPSA) is 58.6 Å². The van der Waals surface area contributed by atoms with E-state index < -0.39 is 17.8 Å². The fourth-order valence-electron chi connectivity index (χ4n) is 1.93. The molecule has 0 amide bonds. The fourth-order valence-corrected chi connectivity index (χ4v) is 2.20. The molecule has 0 aromatic heterocycles. The van der Waals surface area contributed by atoms with Crippen LogP contribution in [0.5, 0.6) is 5.75 Å². The SMILES string of the molecule is COc1ccccc1NC(C(=O)O)c1ccc(F)cc1Cl. The third-order valence-corrected chi connectivity index (χ3v) is 3.25. The van der Waals surface area contributed by atoms with Gasteiger partial charge in [0.2, 0.25) is 0 Å². The van der Waals surface area contributed by atoms with Gasteiger partial charge in [-0.05, 0) is 24.3 Å². The van der Waals surface area contributed by atoms with Crippen LogP contribution in [0.4, 0.5) is 10.1 Å². The number of benzene rings is 2. The number of methoxy groups -OCH3 is 1. The number of halogens is 2. The smallest absolute Gasteiger partial charge is 0.330 e. The van der Waals surface area contributed by atoms with Gasteiger partial charge in [-0.25, -0.2) is 9.18 Å². The van der Waals surface area contributed by atoms with Gasteiger partial charge in [-0.1, -0.05) is 29.8 Å². The Morgan fingerprint density at radius 3 is 2.67 bits per heavy atom. The Kier molecular flexibility index (Phi) is 4.65. The lowest BCUT2D eigenvalue weighted by molar-refractivity contribution is -0.138. The molecular formula is C15H13ClFNO3. The van der Waals surface area contributed by atoms with Crippen molar-refractivity contribution in [2.24, 2.45) is 0 Å². The lowest BCUT2D eigenvalue weighted by Crippen LogP contribution is -2.21. The largest absolute Gasteiger partial charge is 0.495 e. The molecule has 21 heavy (non-hydrogen) atoms. The number of hydrogen-bond donors (Lipinski definition) is 2. The minimum absolute atomic E-state index is 0.0461. The minimum atomic E-state index is -1.13. The highest BCUT2D eigenvalue weighted by atomic mass is 35.5. The number of carbonyl (C=O) groups is 1. The Morgan fingerprint density at radius 2 is 2.05 bits per heavy atom. The summed E-state index contributed by atoms with van der Waals surface area (Å²) in [5.41, 5.74) is 0.782. The van der Waals surface area contributed by atoms with Crippen LogP contribution in [0, 0.1) is 5.82 Å². The van der Waals surface area contributed by atoms with Crippen LogP contribution < -0.4 is 10.1 Å². The summed E-state index contributed by atoms with van der Waals surface area (Å²) in [5, 5.41) is 12.3. The average molecular weight is 310 g/mol. The molecular weight excluding hydrogens is 297 g/mol. The number of nitrogens with one attached hydrogen (secondary N) is 1. The second-order valence-corrected chi connectivity index (χ2v) is 4.69. The van der Waals surface area contributed by atoms with E-state index in [2.05, 4.69) is 5.32 Å². The summed E-state index contributed by atoms with van der Waals surface area (Å²) in [6.45, 7) is 0. The molecule has 0 saturated heterocycles. The maximum absolute atomic E-state index is 13.1. The molecule has 0 aliphatic rings. The lowest BCUT2D eigenvalue weighted by Gasteiger charge is -2.19. The molecule has 0 bridgehead atoms. The Balaban J connectivity index is 2.38. The summed E-state index contributed by atoms with van der Waals surface area (Å²) in [4.78, 5) is 11.5. The molecule has 2 rings (SSSR count). The van der Waals surface area contributed by atoms with Crippen LogP contribution in [0.15, 0.2) is 42.5 Å². The van der Waals surface area contributed by atoms with Crippen molar-refractivity contribution >= 4 is 23.3 Å². The van der Waals surface area contributed by atoms with Crippen molar-refractivity contribution in [3.05, 3.63) is 58.9 Å². The normalized spacial score (nSPS) is 11.8. The van der Waals surface area contributed by atoms with Crippen LogP contribution in [-0.2, 0) is 4.79 Å². The van der Waals surface area contributed by atoms with E-state index in [1.165, 1.54) is 19.2 Å². The van der Waals surface area contributed by atoms with E-state index in [9.17, 15) is 14.3 Å². The predicted molar refractivity (Wildman–Crippen MR) is 78.4 cm³/mol. The first kappa shape index (κ1) is 15.1. The van der Waals surface area contributed by atoms with Crippen molar-refractivity contribution in [1.82, 2.24) is 0 Å². The summed E-state index contributed by atoms with van der Waals surface area (Å²) in [5.74, 6) is -1.15. The molecule has 6 heteroatoms. The van der Waals surface area contributed by atoms with Crippen LogP contribution in [0.25, 0.3) is 0 Å². The quantitative estimate of drug-likeness (QED) is 0.883. The number of hydrogen-bond acceptors (Lipinski definition) is 3. The zero-order valence-corrected chi connectivity index (χ0v) is 11.9. The molecule has 1 unspecified atom stereocenters. The second kappa shape index (κ2) is 6.45. The standard InChI is InChI=1S/C15H13ClFNO3/c1-21-13-5-3-2-4-12(13)18-14(15(19)20)10-7-6-9(17)8-11(10)16/h2-8,14,18H,1H3,(H,19,20). The van der Waals surface area contributed by atoms with Gasteiger partial charge in [-0.2, -0.15) is 0 Å². The monoisotopic (exact) mass is 309 g/mol. The summed E-state index contributed by atoms with van der Waals surface area (Å²) in [6, 6.07) is 9.38. The van der Waals surface area contributed by atoms with Crippen molar-refractivity contribution in [1.29, 1.82) is 0 Å². The van der Waals surface area contributed by atoms with Crippen molar-refractivity contribution in [3.63, 3.8) is 0 Å². The third-order valence-electron chi connectivity index (χ3n) is 2.93. The molecule has 0 aliphatic heterocycles. The summed E-state index contributed by atoms with van der Waals surface area (Å²) in [7, 11) is 1.49. The average Bonchev–Trinajstić information content (AvgIpc) is 2.45. The van der Waals surface area contributed by atoms with Gasteiger partial charge >= 0.3 is 5.97 Å². The first-order valence-corrected chi connectivity index (χ1v) is 6.48. The number of carboxylic acids is 1. The molecule has 0 radical (unpaired) electrons. The lowest BCUT2D eigenvalue weighted by atomic mass is 10.1. The van der Waals surface area contributed by atoms with Gasteiger partial charge in [0.05, 0.1) is 12.8 Å². The molecule has 0 fully saturated rings. The maximum Gasteiger partial charge on any atom is 0.330 e. The number of ether oxygens (including phenoxy) is 1. The highest BCUT2D eigenvalue weighted by molar-refractivity contribution is 6.31. The van der Waals surface area contributed by atoms with E-state index in [0.29, 0.717) is 11.4 Å². The number of carboxylic acid groups (broad SMARTS) is 1. The van der Waals surface area contributed by atoms with Gasteiger partial charge in [0.15, 0.2) is 6.04 Å². The number of rotatable bonds is 5. The van der Waals surface area contributed by atoms with E-state index in [1.807, 2.05) is 0 Å². The van der Waals surface area contributed by atoms with Crippen LogP contribution in [-0.4, -0.2) is 18.2 Å². The Morgan fingerprint density at radius 1 is 1.33 bits per heavy atom. The Labute approximate surface area is 126 Å². The Hall–Kier alpha value is -2.27. The summed E-state index contributed by atoms with van der Waals surface area (Å²) in [6.07, 6.45) is 0. The molecule has 0 aliphatic carbocycles. The zero-order chi connectivity index (χ0) is 15.4. The van der Waals surface area contributed by atoms with Crippen molar-refractivity contribution < 1.29 is 19.0 Å². The Bertz CT molecular complexity index is 663. The molecule has 0 saturated carbocycles. The van der Waals surface area contributed by atoms with Crippen LogP contribution in [0.2, 0.25) is 5.02 Å². The molecule has 0 spiro atoms. The van der Waals surface area contributed by atoms with E-state index in [0.717, 1.165) is 6.07 Å². The summed E-state index contributed by atoms with van der Waals surface area (Å²) < 4.78 is 18.2. The molecule has 4 nitrogen and oxygen atoms in total. The van der Waals surface area contributed by atoms with Gasteiger partial charge in [0.25, 0.3) is 0 Å². The first-order chi connectivity index (χ1) is 10.0. The number of para-hydroxylation sites is 2. The van der Waals surface area contributed by atoms with Crippen molar-refractivity contribution in [2.45, 2.75) is 6.04 Å². The molecule has 0 heterocycles. The minimum Gasteiger partial charge on any atom is -0.495 e. The summed E-state index contributed by atoms with van der Waals surface area (Å²) >= 11 is 5.93. The van der Waals surface area contributed by atoms with Crippen LogP contribution in [0.3, 0.4) is 0 Å². The third kappa shape index (κ3) is 3.44.